The summed E-state index contributed by atoms with van der Waals surface area (Å²) in [5.74, 6) is 0.899. The third-order valence-electron chi connectivity index (χ3n) is 5.42. The fraction of sp³-hybridized carbons (Fsp3) is 0.304. The van der Waals surface area contributed by atoms with Gasteiger partial charge in [0.2, 0.25) is 5.91 Å². The van der Waals surface area contributed by atoms with Crippen LogP contribution in [0.25, 0.3) is 0 Å². The number of carbonyl (C=O) groups excluding carboxylic acids is 2. The lowest BCUT2D eigenvalue weighted by molar-refractivity contribution is -0.137. The molecule has 2 aromatic rings. The smallest absolute Gasteiger partial charge is 0.251 e. The number of fused-ring (bicyclic) bond motifs is 1. The number of halogens is 1. The zero-order chi connectivity index (χ0) is 22.7. The number of carbonyl (C=O) groups is 2. The van der Waals surface area contributed by atoms with Crippen molar-refractivity contribution in [3.8, 4) is 11.5 Å². The van der Waals surface area contributed by atoms with Crippen LogP contribution >= 0.6 is 11.6 Å². The normalized spacial score (nSPS) is 19.7. The van der Waals surface area contributed by atoms with Crippen molar-refractivity contribution in [3.05, 3.63) is 65.5 Å². The molecule has 0 radical (unpaired) electrons. The molecule has 2 N–H and O–H groups in total. The lowest BCUT2D eigenvalue weighted by Gasteiger charge is -2.31. The average Bonchev–Trinajstić information content (AvgIpc) is 3.22. The molecule has 1 fully saturated rings. The maximum absolute atomic E-state index is 13.0. The highest BCUT2D eigenvalue weighted by Crippen LogP contribution is 2.32. The zero-order valence-electron chi connectivity index (χ0n) is 17.9. The molecule has 0 spiro atoms. The second-order valence-electron chi connectivity index (χ2n) is 7.50. The summed E-state index contributed by atoms with van der Waals surface area (Å²) < 4.78 is 10.6. The molecule has 1 saturated heterocycles. The predicted molar refractivity (Wildman–Crippen MR) is 121 cm³/mol. The number of methoxy groups -OCH3 is 1. The number of amides is 2. The molecule has 168 valence electrons. The van der Waals surface area contributed by atoms with E-state index in [0.717, 1.165) is 11.3 Å². The maximum atomic E-state index is 13.0. The van der Waals surface area contributed by atoms with Gasteiger partial charge in [0.15, 0.2) is 0 Å². The van der Waals surface area contributed by atoms with Crippen molar-refractivity contribution in [3.63, 3.8) is 0 Å². The molecule has 0 aliphatic carbocycles. The Morgan fingerprint density at radius 3 is 2.69 bits per heavy atom. The summed E-state index contributed by atoms with van der Waals surface area (Å²) in [7, 11) is 1.52. The number of benzene rings is 2. The minimum Gasteiger partial charge on any atom is -0.495 e. The van der Waals surface area contributed by atoms with Gasteiger partial charge in [-0.05, 0) is 49.2 Å². The first kappa shape index (κ1) is 22.0. The van der Waals surface area contributed by atoms with Crippen molar-refractivity contribution in [2.45, 2.75) is 25.4 Å². The highest BCUT2D eigenvalue weighted by molar-refractivity contribution is 6.32. The molecule has 2 unspecified atom stereocenters. The van der Waals surface area contributed by atoms with Crippen LogP contribution in [0.5, 0.6) is 11.5 Å². The number of hydrazine groups is 1. The van der Waals surface area contributed by atoms with Crippen LogP contribution in [-0.2, 0) is 9.59 Å². The molecule has 0 saturated carbocycles. The Morgan fingerprint density at radius 1 is 1.22 bits per heavy atom. The van der Waals surface area contributed by atoms with Gasteiger partial charge < -0.3 is 24.7 Å². The first-order chi connectivity index (χ1) is 15.5. The fourth-order valence-corrected chi connectivity index (χ4v) is 4.10. The van der Waals surface area contributed by atoms with Gasteiger partial charge in [-0.2, -0.15) is 0 Å². The van der Waals surface area contributed by atoms with E-state index in [1.54, 1.807) is 35.6 Å². The largest absolute Gasteiger partial charge is 0.495 e. The summed E-state index contributed by atoms with van der Waals surface area (Å²) in [6.45, 7) is 2.47. The predicted octanol–water partition coefficient (Wildman–Crippen LogP) is 3.32. The Labute approximate surface area is 191 Å². The molecular formula is C23H25ClN4O4. The Kier molecular flexibility index (Phi) is 6.53. The minimum absolute atomic E-state index is 0.000468. The lowest BCUT2D eigenvalue weighted by Crippen LogP contribution is -2.49. The van der Waals surface area contributed by atoms with E-state index in [1.807, 2.05) is 31.2 Å². The second kappa shape index (κ2) is 9.50. The third-order valence-corrected chi connectivity index (χ3v) is 5.71. The molecule has 2 atom stereocenters. The molecular weight excluding hydrogens is 432 g/mol. The molecule has 0 bridgehead atoms. The SMILES string of the molecule is CCOc1ccc(C2CC3C(=O)N(CC(=O)Nc4ccc(OC)c(Cl)c4)C=CN3N2)cc1. The van der Waals surface area contributed by atoms with Gasteiger partial charge in [0.25, 0.3) is 5.91 Å². The molecule has 9 heteroatoms. The van der Waals surface area contributed by atoms with Gasteiger partial charge in [0, 0.05) is 18.1 Å². The Hall–Kier alpha value is -3.23. The highest BCUT2D eigenvalue weighted by atomic mass is 35.5. The Morgan fingerprint density at radius 2 is 2.00 bits per heavy atom. The van der Waals surface area contributed by atoms with Gasteiger partial charge in [-0.15, -0.1) is 0 Å². The fourth-order valence-electron chi connectivity index (χ4n) is 3.85. The van der Waals surface area contributed by atoms with Crippen LogP contribution in [0.2, 0.25) is 5.02 Å². The van der Waals surface area contributed by atoms with E-state index < -0.39 is 0 Å². The van der Waals surface area contributed by atoms with Gasteiger partial charge in [-0.1, -0.05) is 23.7 Å². The Balaban J connectivity index is 1.36. The highest BCUT2D eigenvalue weighted by Gasteiger charge is 2.40. The van der Waals surface area contributed by atoms with Crippen molar-refractivity contribution < 1.29 is 19.1 Å². The Bertz CT molecular complexity index is 1030. The van der Waals surface area contributed by atoms with Gasteiger partial charge >= 0.3 is 0 Å². The average molecular weight is 457 g/mol. The lowest BCUT2D eigenvalue weighted by atomic mass is 10.0. The quantitative estimate of drug-likeness (QED) is 0.665. The molecule has 2 aliphatic heterocycles. The third kappa shape index (κ3) is 4.66. The summed E-state index contributed by atoms with van der Waals surface area (Å²) in [5.41, 5.74) is 4.96. The minimum atomic E-state index is -0.375. The van der Waals surface area contributed by atoms with E-state index in [2.05, 4.69) is 10.7 Å². The first-order valence-electron chi connectivity index (χ1n) is 10.4. The topological polar surface area (TPSA) is 83.1 Å². The van der Waals surface area contributed by atoms with Crippen LogP contribution in [0, 0.1) is 0 Å². The molecule has 2 aliphatic rings. The van der Waals surface area contributed by atoms with E-state index in [9.17, 15) is 9.59 Å². The molecule has 32 heavy (non-hydrogen) atoms. The number of nitrogens with zero attached hydrogens (tertiary/aromatic N) is 2. The van der Waals surface area contributed by atoms with E-state index in [1.165, 1.54) is 12.0 Å². The van der Waals surface area contributed by atoms with E-state index in [0.29, 0.717) is 29.5 Å². The summed E-state index contributed by atoms with van der Waals surface area (Å²) in [6, 6.07) is 12.5. The first-order valence-corrected chi connectivity index (χ1v) is 10.8. The van der Waals surface area contributed by atoms with Gasteiger partial charge in [0.05, 0.1) is 24.8 Å². The van der Waals surface area contributed by atoms with E-state index in [-0.39, 0.29) is 30.4 Å². The van der Waals surface area contributed by atoms with Crippen LogP contribution in [0.4, 0.5) is 5.69 Å². The van der Waals surface area contributed by atoms with E-state index >= 15 is 0 Å². The number of anilines is 1. The summed E-state index contributed by atoms with van der Waals surface area (Å²) in [5, 5.41) is 4.97. The monoisotopic (exact) mass is 456 g/mol. The number of rotatable bonds is 7. The molecule has 2 amide bonds. The number of hydrogen-bond acceptors (Lipinski definition) is 6. The summed E-state index contributed by atoms with van der Waals surface area (Å²) in [4.78, 5) is 26.9. The summed E-state index contributed by atoms with van der Waals surface area (Å²) in [6.07, 6.45) is 4.01. The molecule has 2 aromatic carbocycles. The molecule has 2 heterocycles. The number of nitrogens with one attached hydrogen (secondary N) is 2. The van der Waals surface area contributed by atoms with Crippen molar-refractivity contribution in [1.29, 1.82) is 0 Å². The van der Waals surface area contributed by atoms with Crippen LogP contribution in [0.3, 0.4) is 0 Å². The molecule has 8 nitrogen and oxygen atoms in total. The van der Waals surface area contributed by atoms with Crippen LogP contribution in [0.1, 0.15) is 24.9 Å². The van der Waals surface area contributed by atoms with E-state index in [4.69, 9.17) is 21.1 Å². The van der Waals surface area contributed by atoms with Crippen LogP contribution in [-0.4, -0.2) is 48.0 Å². The van der Waals surface area contributed by atoms with Crippen molar-refractivity contribution >= 4 is 29.1 Å². The zero-order valence-corrected chi connectivity index (χ0v) is 18.6. The van der Waals surface area contributed by atoms with Gasteiger partial charge in [-0.3, -0.25) is 9.59 Å². The number of ether oxygens (including phenoxy) is 2. The molecule has 4 rings (SSSR count). The number of hydrogen-bond donors (Lipinski definition) is 2. The second-order valence-corrected chi connectivity index (χ2v) is 7.91. The maximum Gasteiger partial charge on any atom is 0.251 e. The van der Waals surface area contributed by atoms with Gasteiger partial charge in [0.1, 0.15) is 24.1 Å². The summed E-state index contributed by atoms with van der Waals surface area (Å²) >= 11 is 6.11. The van der Waals surface area contributed by atoms with Crippen LogP contribution < -0.4 is 20.2 Å². The van der Waals surface area contributed by atoms with Crippen molar-refractivity contribution in [1.82, 2.24) is 15.3 Å². The van der Waals surface area contributed by atoms with Crippen molar-refractivity contribution in [2.75, 3.05) is 25.6 Å². The standard InChI is InChI=1S/C23H25ClN4O4/c1-3-32-17-7-4-15(5-8-17)19-13-20-23(30)27(10-11-28(20)26-19)14-22(29)25-16-6-9-21(31-2)18(24)12-16/h4-12,19-20,26H,3,13-14H2,1-2H3,(H,25,29). The van der Waals surface area contributed by atoms with Crippen LogP contribution in [0.15, 0.2) is 54.9 Å². The van der Waals surface area contributed by atoms with Gasteiger partial charge in [-0.25, -0.2) is 5.43 Å². The van der Waals surface area contributed by atoms with Crippen molar-refractivity contribution in [2.24, 2.45) is 0 Å². The molecule has 0 aromatic heterocycles.